The smallest absolute Gasteiger partial charge is 0.165 e. The molecule has 7 heteroatoms. The van der Waals surface area contributed by atoms with Gasteiger partial charge in [-0.05, 0) is 12.8 Å². The van der Waals surface area contributed by atoms with Crippen LogP contribution in [0, 0.1) is 0 Å². The summed E-state index contributed by atoms with van der Waals surface area (Å²) in [5.41, 5.74) is 1.90. The summed E-state index contributed by atoms with van der Waals surface area (Å²) >= 11 is 0. The summed E-state index contributed by atoms with van der Waals surface area (Å²) in [7, 11) is 0. The standard InChI is InChI=1S/C16H24N6O/c1-2-4-13-20-14-15(17-5-7-21-8-10-23-11-9-21)18-12-19-16(14)22(13)6-3-1/h12H,1-11H2,(H,17,18,19). The number of nitrogens with one attached hydrogen (secondary N) is 1. The molecule has 0 aliphatic carbocycles. The summed E-state index contributed by atoms with van der Waals surface area (Å²) in [5.74, 6) is 2.03. The summed E-state index contributed by atoms with van der Waals surface area (Å²) in [6.45, 7) is 6.60. The Balaban J connectivity index is 1.48. The van der Waals surface area contributed by atoms with E-state index in [1.807, 2.05) is 0 Å². The number of morpholine rings is 1. The van der Waals surface area contributed by atoms with Crippen LogP contribution in [-0.2, 0) is 17.7 Å². The Kier molecular flexibility index (Phi) is 4.39. The van der Waals surface area contributed by atoms with Gasteiger partial charge in [-0.3, -0.25) is 4.90 Å². The van der Waals surface area contributed by atoms with Crippen LogP contribution in [-0.4, -0.2) is 63.8 Å². The van der Waals surface area contributed by atoms with Gasteiger partial charge in [-0.2, -0.15) is 0 Å². The van der Waals surface area contributed by atoms with E-state index in [1.165, 1.54) is 19.3 Å². The molecule has 124 valence electrons. The van der Waals surface area contributed by atoms with E-state index in [2.05, 4.69) is 24.8 Å². The lowest BCUT2D eigenvalue weighted by atomic mass is 10.2. The third-order valence-electron chi connectivity index (χ3n) is 4.72. The van der Waals surface area contributed by atoms with E-state index in [9.17, 15) is 0 Å². The molecule has 0 saturated carbocycles. The molecule has 0 aromatic carbocycles. The molecule has 1 N–H and O–H groups in total. The second-order valence-electron chi connectivity index (χ2n) is 6.27. The SMILES string of the molecule is c1nc(NCCN2CCOCC2)c2nc3n(c2n1)CCCCC3. The number of aromatic nitrogens is 4. The van der Waals surface area contributed by atoms with E-state index in [-0.39, 0.29) is 0 Å². The van der Waals surface area contributed by atoms with Crippen LogP contribution in [0.3, 0.4) is 0 Å². The first-order valence-corrected chi connectivity index (χ1v) is 8.66. The van der Waals surface area contributed by atoms with Crippen molar-refractivity contribution in [1.29, 1.82) is 0 Å². The van der Waals surface area contributed by atoms with E-state index >= 15 is 0 Å². The van der Waals surface area contributed by atoms with Crippen molar-refractivity contribution in [3.05, 3.63) is 12.2 Å². The zero-order chi connectivity index (χ0) is 15.5. The number of nitrogens with zero attached hydrogens (tertiary/aromatic N) is 5. The normalized spacial score (nSPS) is 19.5. The minimum absolute atomic E-state index is 0.839. The highest BCUT2D eigenvalue weighted by Crippen LogP contribution is 2.23. The molecule has 0 atom stereocenters. The zero-order valence-electron chi connectivity index (χ0n) is 13.5. The van der Waals surface area contributed by atoms with E-state index in [0.717, 1.165) is 75.2 Å². The van der Waals surface area contributed by atoms with Crippen LogP contribution in [0.15, 0.2) is 6.33 Å². The van der Waals surface area contributed by atoms with Crippen molar-refractivity contribution < 1.29 is 4.74 Å². The number of ether oxygens (including phenoxy) is 1. The molecule has 2 aromatic rings. The molecule has 23 heavy (non-hydrogen) atoms. The largest absolute Gasteiger partial charge is 0.379 e. The van der Waals surface area contributed by atoms with Crippen LogP contribution in [0.25, 0.3) is 11.2 Å². The predicted molar refractivity (Wildman–Crippen MR) is 88.6 cm³/mol. The van der Waals surface area contributed by atoms with Gasteiger partial charge in [-0.25, -0.2) is 15.0 Å². The van der Waals surface area contributed by atoms with Gasteiger partial charge in [0.25, 0.3) is 0 Å². The van der Waals surface area contributed by atoms with Gasteiger partial charge in [0.15, 0.2) is 17.0 Å². The fourth-order valence-corrected chi connectivity index (χ4v) is 3.42. The Hall–Kier alpha value is -1.73. The molecule has 7 nitrogen and oxygen atoms in total. The maximum atomic E-state index is 5.38. The summed E-state index contributed by atoms with van der Waals surface area (Å²) in [6.07, 6.45) is 6.40. The van der Waals surface area contributed by atoms with Crippen LogP contribution >= 0.6 is 0 Å². The van der Waals surface area contributed by atoms with Crippen molar-refractivity contribution in [1.82, 2.24) is 24.4 Å². The highest BCUT2D eigenvalue weighted by atomic mass is 16.5. The van der Waals surface area contributed by atoms with Crippen molar-refractivity contribution in [3.63, 3.8) is 0 Å². The molecule has 4 rings (SSSR count). The first kappa shape index (κ1) is 14.8. The number of fused-ring (bicyclic) bond motifs is 3. The monoisotopic (exact) mass is 316 g/mol. The lowest BCUT2D eigenvalue weighted by molar-refractivity contribution is 0.0398. The van der Waals surface area contributed by atoms with E-state index in [4.69, 9.17) is 9.72 Å². The number of hydrogen-bond acceptors (Lipinski definition) is 6. The molecule has 0 amide bonds. The van der Waals surface area contributed by atoms with Crippen molar-refractivity contribution in [2.45, 2.75) is 32.2 Å². The second kappa shape index (κ2) is 6.80. The zero-order valence-corrected chi connectivity index (χ0v) is 13.5. The van der Waals surface area contributed by atoms with Crippen LogP contribution in [0.2, 0.25) is 0 Å². The molecule has 1 fully saturated rings. The van der Waals surface area contributed by atoms with Gasteiger partial charge < -0.3 is 14.6 Å². The third kappa shape index (κ3) is 3.16. The Morgan fingerprint density at radius 3 is 2.91 bits per heavy atom. The lowest BCUT2D eigenvalue weighted by Gasteiger charge is -2.26. The fraction of sp³-hybridized carbons (Fsp3) is 0.688. The van der Waals surface area contributed by atoms with Gasteiger partial charge >= 0.3 is 0 Å². The van der Waals surface area contributed by atoms with Crippen molar-refractivity contribution in [2.24, 2.45) is 0 Å². The summed E-state index contributed by atoms with van der Waals surface area (Å²) in [5, 5.41) is 3.45. The molecule has 0 bridgehead atoms. The van der Waals surface area contributed by atoms with Gasteiger partial charge in [0, 0.05) is 39.1 Å². The van der Waals surface area contributed by atoms with E-state index in [0.29, 0.717) is 0 Å². The Morgan fingerprint density at radius 1 is 1.09 bits per heavy atom. The molecule has 2 aromatic heterocycles. The number of anilines is 1. The summed E-state index contributed by atoms with van der Waals surface area (Å²) in [6, 6.07) is 0. The molecule has 0 spiro atoms. The quantitative estimate of drug-likeness (QED) is 0.917. The fourth-order valence-electron chi connectivity index (χ4n) is 3.42. The lowest BCUT2D eigenvalue weighted by Crippen LogP contribution is -2.39. The Labute approximate surface area is 136 Å². The van der Waals surface area contributed by atoms with Crippen molar-refractivity contribution in [3.8, 4) is 0 Å². The average molecular weight is 316 g/mol. The van der Waals surface area contributed by atoms with Crippen LogP contribution in [0.5, 0.6) is 0 Å². The first-order chi connectivity index (χ1) is 11.4. The molecule has 0 unspecified atom stereocenters. The van der Waals surface area contributed by atoms with Crippen LogP contribution in [0.4, 0.5) is 5.82 Å². The van der Waals surface area contributed by atoms with Crippen LogP contribution < -0.4 is 5.32 Å². The van der Waals surface area contributed by atoms with Gasteiger partial charge in [0.2, 0.25) is 0 Å². The number of hydrogen-bond donors (Lipinski definition) is 1. The highest BCUT2D eigenvalue weighted by Gasteiger charge is 2.17. The number of aryl methyl sites for hydroxylation is 2. The summed E-state index contributed by atoms with van der Waals surface area (Å²) < 4.78 is 7.66. The number of rotatable bonds is 4. The topological polar surface area (TPSA) is 68.1 Å². The molecule has 4 heterocycles. The third-order valence-corrected chi connectivity index (χ3v) is 4.72. The minimum Gasteiger partial charge on any atom is -0.379 e. The number of imidazole rings is 1. The van der Waals surface area contributed by atoms with Gasteiger partial charge in [-0.1, -0.05) is 6.42 Å². The second-order valence-corrected chi connectivity index (χ2v) is 6.27. The Bertz CT molecular complexity index is 664. The van der Waals surface area contributed by atoms with E-state index in [1.54, 1.807) is 6.33 Å². The highest BCUT2D eigenvalue weighted by molar-refractivity contribution is 5.83. The molecule has 2 aliphatic rings. The molecule has 0 radical (unpaired) electrons. The van der Waals surface area contributed by atoms with Crippen molar-refractivity contribution >= 4 is 17.0 Å². The maximum absolute atomic E-state index is 5.38. The average Bonchev–Trinajstić information content (AvgIpc) is 2.78. The minimum atomic E-state index is 0.839. The summed E-state index contributed by atoms with van der Waals surface area (Å²) in [4.78, 5) is 16.1. The van der Waals surface area contributed by atoms with E-state index < -0.39 is 0 Å². The van der Waals surface area contributed by atoms with Crippen molar-refractivity contribution in [2.75, 3.05) is 44.7 Å². The van der Waals surface area contributed by atoms with Crippen LogP contribution in [0.1, 0.15) is 25.1 Å². The molecular weight excluding hydrogens is 292 g/mol. The maximum Gasteiger partial charge on any atom is 0.165 e. The molecule has 1 saturated heterocycles. The van der Waals surface area contributed by atoms with Gasteiger partial charge in [0.1, 0.15) is 12.2 Å². The molecule has 2 aliphatic heterocycles. The predicted octanol–water partition coefficient (Wildman–Crippen LogP) is 1.30. The van der Waals surface area contributed by atoms with Gasteiger partial charge in [-0.15, -0.1) is 0 Å². The Morgan fingerprint density at radius 2 is 2.00 bits per heavy atom. The van der Waals surface area contributed by atoms with Gasteiger partial charge in [0.05, 0.1) is 13.2 Å². The first-order valence-electron chi connectivity index (χ1n) is 8.66. The molecular formula is C16H24N6O.